The lowest BCUT2D eigenvalue weighted by Crippen LogP contribution is -2.45. The number of likely N-dealkylation sites (tertiary alicyclic amines) is 1. The number of ether oxygens (including phenoxy) is 1. The van der Waals surface area contributed by atoms with Gasteiger partial charge in [-0.3, -0.25) is 9.59 Å². The Hall–Kier alpha value is -1.44. The van der Waals surface area contributed by atoms with Gasteiger partial charge in [-0.2, -0.15) is 0 Å². The molecule has 7 heteroatoms. The summed E-state index contributed by atoms with van der Waals surface area (Å²) in [7, 11) is 0. The number of carbonyl (C=O) groups is 2. The molecule has 1 aliphatic rings. The number of amides is 2. The lowest BCUT2D eigenvalue weighted by atomic mass is 10.1. The van der Waals surface area contributed by atoms with Crippen LogP contribution in [0.1, 0.15) is 29.6 Å². The van der Waals surface area contributed by atoms with Crippen LogP contribution in [-0.4, -0.2) is 55.6 Å². The second kappa shape index (κ2) is 9.76. The molecule has 3 N–H and O–H groups in total. The van der Waals surface area contributed by atoms with Crippen molar-refractivity contribution >= 4 is 27.7 Å². The summed E-state index contributed by atoms with van der Waals surface area (Å²) in [5, 5.41) is 2.68. The number of benzene rings is 1. The second-order valence-electron chi connectivity index (χ2n) is 5.79. The van der Waals surface area contributed by atoms with Gasteiger partial charge in [0.15, 0.2) is 0 Å². The molecule has 0 saturated carbocycles. The third kappa shape index (κ3) is 5.89. The number of carbonyl (C=O) groups excluding carboxylic acids is 2. The number of nitrogens with two attached hydrogens (primary N) is 1. The van der Waals surface area contributed by atoms with Gasteiger partial charge in [0.1, 0.15) is 0 Å². The summed E-state index contributed by atoms with van der Waals surface area (Å²) in [4.78, 5) is 26.0. The average molecular weight is 398 g/mol. The molecule has 1 fully saturated rings. The zero-order valence-electron chi connectivity index (χ0n) is 13.7. The Bertz CT molecular complexity index is 560. The van der Waals surface area contributed by atoms with E-state index in [-0.39, 0.29) is 24.5 Å². The molecule has 0 spiro atoms. The minimum atomic E-state index is -0.246. The van der Waals surface area contributed by atoms with Gasteiger partial charge in [-0.25, -0.2) is 0 Å². The molecule has 0 aromatic heterocycles. The molecule has 132 valence electrons. The highest BCUT2D eigenvalue weighted by Crippen LogP contribution is 2.14. The Morgan fingerprint density at radius 1 is 1.33 bits per heavy atom. The van der Waals surface area contributed by atoms with Gasteiger partial charge in [-0.15, -0.1) is 0 Å². The van der Waals surface area contributed by atoms with Gasteiger partial charge in [-0.1, -0.05) is 22.0 Å². The maximum absolute atomic E-state index is 12.2. The van der Waals surface area contributed by atoms with E-state index in [0.717, 1.165) is 23.7 Å². The van der Waals surface area contributed by atoms with E-state index in [1.807, 2.05) is 6.07 Å². The monoisotopic (exact) mass is 397 g/mol. The van der Waals surface area contributed by atoms with Gasteiger partial charge in [-0.05, 0) is 44.0 Å². The van der Waals surface area contributed by atoms with Crippen LogP contribution in [0, 0.1) is 0 Å². The molecule has 0 atom stereocenters. The largest absolute Gasteiger partial charge is 0.378 e. The molecular formula is C17H24BrN3O3. The van der Waals surface area contributed by atoms with Gasteiger partial charge in [0, 0.05) is 29.7 Å². The van der Waals surface area contributed by atoms with E-state index in [4.69, 9.17) is 10.5 Å². The fraction of sp³-hybridized carbons (Fsp3) is 0.529. The molecule has 1 aromatic carbocycles. The fourth-order valence-electron chi connectivity index (χ4n) is 2.60. The van der Waals surface area contributed by atoms with Crippen molar-refractivity contribution in [3.8, 4) is 0 Å². The number of nitrogens with one attached hydrogen (secondary N) is 1. The summed E-state index contributed by atoms with van der Waals surface area (Å²) in [6, 6.07) is 7.08. The fourth-order valence-corrected chi connectivity index (χ4v) is 3.00. The maximum Gasteiger partial charge on any atom is 0.251 e. The van der Waals surface area contributed by atoms with E-state index in [1.54, 1.807) is 23.1 Å². The smallest absolute Gasteiger partial charge is 0.251 e. The van der Waals surface area contributed by atoms with Crippen molar-refractivity contribution < 1.29 is 14.3 Å². The Morgan fingerprint density at radius 2 is 2.08 bits per heavy atom. The van der Waals surface area contributed by atoms with Crippen LogP contribution < -0.4 is 11.1 Å². The van der Waals surface area contributed by atoms with Gasteiger partial charge in [0.2, 0.25) is 5.91 Å². The van der Waals surface area contributed by atoms with Crippen molar-refractivity contribution in [3.63, 3.8) is 0 Å². The van der Waals surface area contributed by atoms with Crippen LogP contribution in [0.5, 0.6) is 0 Å². The minimum Gasteiger partial charge on any atom is -0.378 e. The molecule has 2 amide bonds. The van der Waals surface area contributed by atoms with Crippen LogP contribution in [0.2, 0.25) is 0 Å². The summed E-state index contributed by atoms with van der Waals surface area (Å²) in [6.45, 7) is 2.66. The summed E-state index contributed by atoms with van der Waals surface area (Å²) in [5.74, 6) is -0.302. The van der Waals surface area contributed by atoms with Gasteiger partial charge in [0.25, 0.3) is 5.91 Å². The maximum atomic E-state index is 12.2. The van der Waals surface area contributed by atoms with Crippen molar-refractivity contribution in [1.29, 1.82) is 0 Å². The van der Waals surface area contributed by atoms with Crippen LogP contribution in [0.25, 0.3) is 0 Å². The molecule has 1 saturated heterocycles. The highest BCUT2D eigenvalue weighted by Gasteiger charge is 2.23. The summed E-state index contributed by atoms with van der Waals surface area (Å²) < 4.78 is 6.56. The first kappa shape index (κ1) is 18.9. The van der Waals surface area contributed by atoms with Gasteiger partial charge >= 0.3 is 0 Å². The van der Waals surface area contributed by atoms with E-state index >= 15 is 0 Å². The zero-order valence-corrected chi connectivity index (χ0v) is 15.3. The zero-order chi connectivity index (χ0) is 17.4. The molecule has 0 bridgehead atoms. The third-order valence-electron chi connectivity index (χ3n) is 3.98. The van der Waals surface area contributed by atoms with Gasteiger partial charge < -0.3 is 20.7 Å². The molecule has 6 nitrogen and oxygen atoms in total. The highest BCUT2D eigenvalue weighted by atomic mass is 79.9. The third-order valence-corrected chi connectivity index (χ3v) is 4.48. The summed E-state index contributed by atoms with van der Waals surface area (Å²) in [5.41, 5.74) is 5.98. The van der Waals surface area contributed by atoms with E-state index in [0.29, 0.717) is 31.8 Å². The van der Waals surface area contributed by atoms with Crippen molar-refractivity contribution in [3.05, 3.63) is 34.3 Å². The first-order valence-corrected chi connectivity index (χ1v) is 9.02. The van der Waals surface area contributed by atoms with Crippen LogP contribution in [0.15, 0.2) is 28.7 Å². The number of nitrogens with zero attached hydrogens (tertiary/aromatic N) is 1. The number of piperidine rings is 1. The van der Waals surface area contributed by atoms with Crippen LogP contribution in [0.4, 0.5) is 0 Å². The lowest BCUT2D eigenvalue weighted by Gasteiger charge is -2.32. The molecule has 0 radical (unpaired) electrons. The van der Waals surface area contributed by atoms with Crippen LogP contribution in [-0.2, 0) is 9.53 Å². The molecule has 0 aliphatic carbocycles. The first-order chi connectivity index (χ1) is 11.6. The molecule has 1 heterocycles. The van der Waals surface area contributed by atoms with E-state index in [2.05, 4.69) is 21.2 Å². The van der Waals surface area contributed by atoms with Gasteiger partial charge in [0.05, 0.1) is 12.6 Å². The molecule has 24 heavy (non-hydrogen) atoms. The Balaban J connectivity index is 1.71. The average Bonchev–Trinajstić information content (AvgIpc) is 2.60. The molecule has 2 rings (SSSR count). The molecule has 1 aliphatic heterocycles. The number of halogens is 1. The molecule has 1 aromatic rings. The SMILES string of the molecule is NCCCOC1CCN(C(=O)CNC(=O)c2cccc(Br)c2)CC1. The minimum absolute atomic E-state index is 0.0179. The second-order valence-corrected chi connectivity index (χ2v) is 6.70. The van der Waals surface area contributed by atoms with Crippen LogP contribution >= 0.6 is 15.9 Å². The Labute approximate surface area is 150 Å². The first-order valence-electron chi connectivity index (χ1n) is 8.23. The van der Waals surface area contributed by atoms with Crippen LogP contribution in [0.3, 0.4) is 0 Å². The van der Waals surface area contributed by atoms with Crippen molar-refractivity contribution in [2.75, 3.05) is 32.8 Å². The van der Waals surface area contributed by atoms with E-state index in [1.165, 1.54) is 0 Å². The summed E-state index contributed by atoms with van der Waals surface area (Å²) in [6.07, 6.45) is 2.73. The topological polar surface area (TPSA) is 84.7 Å². The quantitative estimate of drug-likeness (QED) is 0.683. The number of rotatable bonds is 7. The predicted molar refractivity (Wildman–Crippen MR) is 95.7 cm³/mol. The van der Waals surface area contributed by atoms with Crippen molar-refractivity contribution in [2.45, 2.75) is 25.4 Å². The lowest BCUT2D eigenvalue weighted by molar-refractivity contribution is -0.132. The molecule has 0 unspecified atom stereocenters. The van der Waals surface area contributed by atoms with E-state index < -0.39 is 0 Å². The normalized spacial score (nSPS) is 15.3. The highest BCUT2D eigenvalue weighted by molar-refractivity contribution is 9.10. The predicted octanol–water partition coefficient (Wildman–Crippen LogP) is 1.54. The standard InChI is InChI=1S/C17H24BrN3O3/c18-14-4-1-3-13(11-14)17(23)20-12-16(22)21-8-5-15(6-9-21)24-10-2-7-19/h1,3-4,11,15H,2,5-10,12,19H2,(H,20,23). The number of hydrogen-bond donors (Lipinski definition) is 2. The van der Waals surface area contributed by atoms with E-state index in [9.17, 15) is 9.59 Å². The number of hydrogen-bond acceptors (Lipinski definition) is 4. The summed E-state index contributed by atoms with van der Waals surface area (Å²) >= 11 is 3.33. The Kier molecular flexibility index (Phi) is 7.68. The van der Waals surface area contributed by atoms with Crippen molar-refractivity contribution in [1.82, 2.24) is 10.2 Å². The Morgan fingerprint density at radius 3 is 2.75 bits per heavy atom. The molecular weight excluding hydrogens is 374 g/mol. The van der Waals surface area contributed by atoms with Crippen molar-refractivity contribution in [2.24, 2.45) is 5.73 Å².